The van der Waals surface area contributed by atoms with Crippen molar-refractivity contribution in [3.05, 3.63) is 51.5 Å². The minimum Gasteiger partial charge on any atom is -0.323 e. The van der Waals surface area contributed by atoms with Crippen molar-refractivity contribution in [1.82, 2.24) is 15.3 Å². The molecule has 0 saturated carbocycles. The van der Waals surface area contributed by atoms with Gasteiger partial charge in [0.2, 0.25) is 5.95 Å². The number of hydrogen-bond acceptors (Lipinski definition) is 7. The van der Waals surface area contributed by atoms with Crippen molar-refractivity contribution in [2.24, 2.45) is 0 Å². The van der Waals surface area contributed by atoms with E-state index in [9.17, 15) is 34.8 Å². The molecule has 182 valence electrons. The van der Waals surface area contributed by atoms with E-state index < -0.39 is 42.6 Å². The van der Waals surface area contributed by atoms with Crippen molar-refractivity contribution in [3.8, 4) is 10.6 Å². The zero-order chi connectivity index (χ0) is 24.9. The second kappa shape index (κ2) is 8.66. The Labute approximate surface area is 197 Å². The molecule has 0 bridgehead atoms. The van der Waals surface area contributed by atoms with Gasteiger partial charge in [0.15, 0.2) is 0 Å². The summed E-state index contributed by atoms with van der Waals surface area (Å²) in [5.41, 5.74) is -5.43. The number of fused-ring (bicyclic) bond motifs is 1. The molecule has 1 aliphatic rings. The Morgan fingerprint density at radius 3 is 2.50 bits per heavy atom. The third-order valence-corrected chi connectivity index (χ3v) is 7.80. The van der Waals surface area contributed by atoms with Crippen LogP contribution in [0.5, 0.6) is 0 Å². The molecule has 0 radical (unpaired) electrons. The van der Waals surface area contributed by atoms with Crippen LogP contribution in [0.1, 0.15) is 16.7 Å². The van der Waals surface area contributed by atoms with Gasteiger partial charge in [0, 0.05) is 18.1 Å². The van der Waals surface area contributed by atoms with E-state index in [-0.39, 0.29) is 11.0 Å². The highest BCUT2D eigenvalue weighted by Gasteiger charge is 2.47. The van der Waals surface area contributed by atoms with Crippen LogP contribution in [-0.4, -0.2) is 30.4 Å². The molecule has 3 aromatic rings. The zero-order valence-electron chi connectivity index (χ0n) is 16.7. The molecule has 2 aromatic heterocycles. The second-order valence-electron chi connectivity index (χ2n) is 7.20. The molecule has 0 atom stereocenters. The van der Waals surface area contributed by atoms with Crippen LogP contribution in [0.15, 0.2) is 34.7 Å². The summed E-state index contributed by atoms with van der Waals surface area (Å²) in [6.45, 7) is 1.34. The maximum atomic E-state index is 13.6. The van der Waals surface area contributed by atoms with E-state index in [1.165, 1.54) is 0 Å². The summed E-state index contributed by atoms with van der Waals surface area (Å²) in [7, 11) is -5.74. The Morgan fingerprint density at radius 2 is 1.82 bits per heavy atom. The number of nitrogens with zero attached hydrogens (tertiary/aromatic N) is 2. The monoisotopic (exact) mass is 542 g/mol. The van der Waals surface area contributed by atoms with E-state index in [0.29, 0.717) is 47.6 Å². The van der Waals surface area contributed by atoms with Crippen molar-refractivity contribution < 1.29 is 34.8 Å². The number of nitrogens with one attached hydrogen (secondary N) is 2. The lowest BCUT2D eigenvalue weighted by molar-refractivity contribution is -0.137. The van der Waals surface area contributed by atoms with E-state index in [1.807, 2.05) is 0 Å². The topological polar surface area (TPSA) is 84.0 Å². The van der Waals surface area contributed by atoms with Gasteiger partial charge in [-0.25, -0.2) is 18.4 Å². The standard InChI is InChI=1S/C19H13ClF6N4O2S2/c20-13-3-10-6-27-2-1-9(10)4-14(13)29-17-28-7-12(18(21,22)23)16(30-17)15-5-11(8-33-15)34(31,32)19(24,25)26/h3-5,7-8,27H,1-2,6H2,(H,28,29,30). The van der Waals surface area contributed by atoms with E-state index in [1.54, 1.807) is 12.1 Å². The van der Waals surface area contributed by atoms with Gasteiger partial charge in [-0.15, -0.1) is 11.3 Å². The van der Waals surface area contributed by atoms with E-state index in [0.717, 1.165) is 17.7 Å². The quantitative estimate of drug-likeness (QED) is 0.420. The molecule has 0 spiro atoms. The van der Waals surface area contributed by atoms with Gasteiger partial charge in [-0.1, -0.05) is 11.6 Å². The lowest BCUT2D eigenvalue weighted by Gasteiger charge is -2.19. The van der Waals surface area contributed by atoms with E-state index in [4.69, 9.17) is 11.6 Å². The maximum Gasteiger partial charge on any atom is 0.501 e. The van der Waals surface area contributed by atoms with E-state index >= 15 is 0 Å². The van der Waals surface area contributed by atoms with Crippen molar-refractivity contribution >= 4 is 44.4 Å². The average Bonchev–Trinajstić information content (AvgIpc) is 3.23. The second-order valence-corrected chi connectivity index (χ2v) is 10.5. The normalized spacial score (nSPS) is 14.7. The van der Waals surface area contributed by atoms with Crippen LogP contribution < -0.4 is 10.6 Å². The number of alkyl halides is 6. The SMILES string of the molecule is O=S(=O)(c1csc(-c2nc(Nc3cc4c(cc3Cl)CNCC4)ncc2C(F)(F)F)c1)C(F)(F)F. The number of rotatable bonds is 4. The third-order valence-electron chi connectivity index (χ3n) is 4.94. The third kappa shape index (κ3) is 4.72. The molecule has 0 amide bonds. The van der Waals surface area contributed by atoms with Crippen LogP contribution in [0.2, 0.25) is 5.02 Å². The molecule has 15 heteroatoms. The summed E-state index contributed by atoms with van der Waals surface area (Å²) < 4.78 is 102. The van der Waals surface area contributed by atoms with Crippen molar-refractivity contribution in [1.29, 1.82) is 0 Å². The molecule has 2 N–H and O–H groups in total. The van der Waals surface area contributed by atoms with Crippen LogP contribution in [0.3, 0.4) is 0 Å². The first-order valence-corrected chi connectivity index (χ1v) is 12.1. The molecule has 0 unspecified atom stereocenters. The van der Waals surface area contributed by atoms with Crippen LogP contribution in [0.25, 0.3) is 10.6 Å². The van der Waals surface area contributed by atoms with Gasteiger partial charge in [0.25, 0.3) is 9.84 Å². The number of anilines is 2. The number of sulfone groups is 1. The first-order valence-electron chi connectivity index (χ1n) is 9.41. The largest absolute Gasteiger partial charge is 0.501 e. The molecule has 1 aliphatic heterocycles. The first kappa shape index (κ1) is 24.7. The summed E-state index contributed by atoms with van der Waals surface area (Å²) in [5.74, 6) is -0.299. The summed E-state index contributed by atoms with van der Waals surface area (Å²) in [6.07, 6.45) is -3.78. The van der Waals surface area contributed by atoms with Crippen LogP contribution in [-0.2, 0) is 29.0 Å². The fourth-order valence-corrected chi connectivity index (χ4v) is 5.55. The molecule has 3 heterocycles. The maximum absolute atomic E-state index is 13.6. The Morgan fingerprint density at radius 1 is 1.09 bits per heavy atom. The number of aromatic nitrogens is 2. The molecular weight excluding hydrogens is 530 g/mol. The highest BCUT2D eigenvalue weighted by atomic mass is 35.5. The van der Waals surface area contributed by atoms with Gasteiger partial charge in [-0.05, 0) is 42.3 Å². The number of hydrogen-bond donors (Lipinski definition) is 2. The molecule has 0 aliphatic carbocycles. The Hall–Kier alpha value is -2.42. The zero-order valence-corrected chi connectivity index (χ0v) is 19.1. The molecule has 6 nitrogen and oxygen atoms in total. The van der Waals surface area contributed by atoms with Gasteiger partial charge < -0.3 is 10.6 Å². The highest BCUT2D eigenvalue weighted by Crippen LogP contribution is 2.41. The van der Waals surface area contributed by atoms with Crippen molar-refractivity contribution in [2.45, 2.75) is 29.5 Å². The minimum absolute atomic E-state index is 0.266. The molecule has 4 rings (SSSR count). The fraction of sp³-hybridized carbons (Fsp3) is 0.263. The molecular formula is C19H13ClF6N4O2S2. The van der Waals surface area contributed by atoms with Gasteiger partial charge in [-0.3, -0.25) is 0 Å². The predicted octanol–water partition coefficient (Wildman–Crippen LogP) is 5.56. The Bertz CT molecular complexity index is 1360. The average molecular weight is 543 g/mol. The minimum atomic E-state index is -5.74. The van der Waals surface area contributed by atoms with E-state index in [2.05, 4.69) is 20.6 Å². The first-order chi connectivity index (χ1) is 15.8. The van der Waals surface area contributed by atoms with Gasteiger partial charge in [0.1, 0.15) is 5.56 Å². The number of halogens is 7. The summed E-state index contributed by atoms with van der Waals surface area (Å²) in [6, 6.07) is 3.93. The lowest BCUT2D eigenvalue weighted by atomic mass is 10.0. The summed E-state index contributed by atoms with van der Waals surface area (Å²) in [4.78, 5) is 5.90. The Balaban J connectivity index is 1.76. The smallest absolute Gasteiger partial charge is 0.323 e. The van der Waals surface area contributed by atoms with Crippen LogP contribution in [0.4, 0.5) is 38.0 Å². The highest BCUT2D eigenvalue weighted by molar-refractivity contribution is 7.92. The fourth-order valence-electron chi connectivity index (χ4n) is 3.27. The molecule has 0 saturated heterocycles. The summed E-state index contributed by atoms with van der Waals surface area (Å²) >= 11 is 6.65. The molecule has 34 heavy (non-hydrogen) atoms. The predicted molar refractivity (Wildman–Crippen MR) is 114 cm³/mol. The summed E-state index contributed by atoms with van der Waals surface area (Å²) in [5, 5.41) is 6.80. The van der Waals surface area contributed by atoms with Gasteiger partial charge in [-0.2, -0.15) is 26.3 Å². The molecule has 1 aromatic carbocycles. The number of benzene rings is 1. The number of thiophene rings is 1. The van der Waals surface area contributed by atoms with Gasteiger partial charge >= 0.3 is 11.7 Å². The van der Waals surface area contributed by atoms with Crippen LogP contribution >= 0.6 is 22.9 Å². The lowest BCUT2D eigenvalue weighted by Crippen LogP contribution is -2.23. The Kier molecular flexibility index (Phi) is 6.29. The van der Waals surface area contributed by atoms with Crippen LogP contribution in [0, 0.1) is 0 Å². The van der Waals surface area contributed by atoms with Crippen molar-refractivity contribution in [2.75, 3.05) is 11.9 Å². The van der Waals surface area contributed by atoms with Gasteiger partial charge in [0.05, 0.1) is 26.2 Å². The van der Waals surface area contributed by atoms with Crippen molar-refractivity contribution in [3.63, 3.8) is 0 Å². The molecule has 0 fully saturated rings.